The van der Waals surface area contributed by atoms with Gasteiger partial charge in [0.05, 0.1) is 21.8 Å². The van der Waals surface area contributed by atoms with Gasteiger partial charge in [-0.2, -0.15) is 5.10 Å². The number of aromatic nitrogens is 3. The van der Waals surface area contributed by atoms with Crippen LogP contribution in [0.2, 0.25) is 10.0 Å². The number of esters is 1. The van der Waals surface area contributed by atoms with Gasteiger partial charge in [0, 0.05) is 32.4 Å². The monoisotopic (exact) mass is 767 g/mol. The Morgan fingerprint density at radius 1 is 0.889 bits per heavy atom. The molecule has 3 aromatic carbocycles. The lowest BCUT2D eigenvalue weighted by Gasteiger charge is -2.43. The molecule has 3 aliphatic heterocycles. The van der Waals surface area contributed by atoms with Crippen molar-refractivity contribution in [1.29, 1.82) is 0 Å². The molecule has 3 atom stereocenters. The summed E-state index contributed by atoms with van der Waals surface area (Å²) in [6.45, 7) is 7.10. The first-order valence-electron chi connectivity index (χ1n) is 18.2. The number of hydrogen-bond donors (Lipinski definition) is 1. The third-order valence-corrected chi connectivity index (χ3v) is 11.2. The third kappa shape index (κ3) is 8.73. The van der Waals surface area contributed by atoms with Crippen LogP contribution in [-0.4, -0.2) is 57.5 Å². The molecule has 0 radical (unpaired) electrons. The predicted molar refractivity (Wildman–Crippen MR) is 207 cm³/mol. The number of rotatable bonds is 12. The molecule has 5 aromatic rings. The number of nitrogens with one attached hydrogen (secondary N) is 1. The van der Waals surface area contributed by atoms with Gasteiger partial charge in [-0.1, -0.05) is 83.9 Å². The standard InChI is InChI=1S/C42H43Cl2N5O5/c1-26-12-13-30(18-27(26)2)38(21-34-35(43)22-45-23-36(34)44)53-41(50)37-20-32(48(3)47-37)25-52-33-11-7-10-31(19-33)40(29-8-5-4-6-9-29)46-42(51)54-39-24-49-16-14-28(39)15-17-49/h4-13,18-20,22-23,28,38-40H,14-17,21,24-25H2,1-3H3,(H,46,51)/t38-,39-,40-/m0/s1. The van der Waals surface area contributed by atoms with Crippen molar-refractivity contribution in [2.24, 2.45) is 13.0 Å². The maximum atomic E-state index is 13.6. The van der Waals surface area contributed by atoms with Crippen molar-refractivity contribution in [3.05, 3.63) is 146 Å². The highest BCUT2D eigenvalue weighted by Crippen LogP contribution is 2.33. The van der Waals surface area contributed by atoms with Crippen molar-refractivity contribution < 1.29 is 23.8 Å². The Hall–Kier alpha value is -4.90. The molecule has 10 nitrogen and oxygen atoms in total. The van der Waals surface area contributed by atoms with E-state index in [9.17, 15) is 9.59 Å². The first-order chi connectivity index (χ1) is 26.1. The van der Waals surface area contributed by atoms with Gasteiger partial charge in [0.2, 0.25) is 0 Å². The zero-order chi connectivity index (χ0) is 37.8. The van der Waals surface area contributed by atoms with E-state index in [2.05, 4.69) is 20.3 Å². The topological polar surface area (TPSA) is 108 Å². The second-order valence-corrected chi connectivity index (χ2v) is 14.9. The Kier molecular flexibility index (Phi) is 11.5. The minimum atomic E-state index is -0.683. The molecule has 0 aliphatic carbocycles. The van der Waals surface area contributed by atoms with Crippen molar-refractivity contribution in [2.45, 2.75) is 58.0 Å². The Balaban J connectivity index is 1.04. The van der Waals surface area contributed by atoms with E-state index in [1.54, 1.807) is 17.8 Å². The molecule has 3 fully saturated rings. The number of hydrogen-bond acceptors (Lipinski definition) is 8. The zero-order valence-electron chi connectivity index (χ0n) is 30.5. The quantitative estimate of drug-likeness (QED) is 0.126. The highest BCUT2D eigenvalue weighted by molar-refractivity contribution is 6.35. The fraction of sp³-hybridized carbons (Fsp3) is 0.333. The van der Waals surface area contributed by atoms with Crippen LogP contribution in [0, 0.1) is 19.8 Å². The molecule has 0 unspecified atom stereocenters. The van der Waals surface area contributed by atoms with Crippen molar-refractivity contribution in [2.75, 3.05) is 19.6 Å². The normalized spacial score (nSPS) is 18.8. The lowest BCUT2D eigenvalue weighted by Crippen LogP contribution is -2.52. The lowest BCUT2D eigenvalue weighted by atomic mass is 9.86. The van der Waals surface area contributed by atoms with Crippen LogP contribution in [-0.2, 0) is 29.5 Å². The molecule has 280 valence electrons. The molecule has 12 heteroatoms. The number of aryl methyl sites for hydroxylation is 3. The summed E-state index contributed by atoms with van der Waals surface area (Å²) in [6, 6.07) is 24.5. The first kappa shape index (κ1) is 37.4. The first-order valence-corrected chi connectivity index (χ1v) is 18.9. The molecule has 0 saturated carbocycles. The predicted octanol–water partition coefficient (Wildman–Crippen LogP) is 8.37. The van der Waals surface area contributed by atoms with Gasteiger partial charge in [0.1, 0.15) is 24.6 Å². The summed E-state index contributed by atoms with van der Waals surface area (Å²) in [5.41, 5.74) is 6.20. The lowest BCUT2D eigenvalue weighted by molar-refractivity contribution is -0.0336. The van der Waals surface area contributed by atoms with E-state index in [0.29, 0.717) is 33.0 Å². The van der Waals surface area contributed by atoms with E-state index in [4.69, 9.17) is 37.4 Å². The summed E-state index contributed by atoms with van der Waals surface area (Å²) < 4.78 is 19.9. The Bertz CT molecular complexity index is 2100. The van der Waals surface area contributed by atoms with Crippen LogP contribution in [0.5, 0.6) is 5.75 Å². The zero-order valence-corrected chi connectivity index (χ0v) is 32.0. The molecule has 2 aromatic heterocycles. The number of piperidine rings is 3. The molecular weight excluding hydrogens is 725 g/mol. The number of pyridine rings is 1. The fourth-order valence-corrected chi connectivity index (χ4v) is 7.74. The van der Waals surface area contributed by atoms with Gasteiger partial charge in [-0.05, 0) is 97.3 Å². The SMILES string of the molecule is Cc1ccc([C@H](Cc2c(Cl)cncc2Cl)OC(=O)c2cc(COc3cccc([C@@H](NC(=O)O[C@H]4CN5CCC4CC5)c4ccccc4)c3)n(C)n2)cc1C. The Morgan fingerprint density at radius 3 is 2.33 bits per heavy atom. The number of fused-ring (bicyclic) bond motifs is 3. The van der Waals surface area contributed by atoms with Gasteiger partial charge in [0.15, 0.2) is 5.69 Å². The van der Waals surface area contributed by atoms with Crippen molar-refractivity contribution in [3.63, 3.8) is 0 Å². The van der Waals surface area contributed by atoms with Crippen LogP contribution in [0.4, 0.5) is 4.79 Å². The highest BCUT2D eigenvalue weighted by atomic mass is 35.5. The van der Waals surface area contributed by atoms with E-state index < -0.39 is 24.2 Å². The van der Waals surface area contributed by atoms with Crippen LogP contribution in [0.15, 0.2) is 91.3 Å². The number of carbonyl (C=O) groups is 2. The summed E-state index contributed by atoms with van der Waals surface area (Å²) in [6.07, 6.45) is 4.20. The molecule has 0 spiro atoms. The van der Waals surface area contributed by atoms with Gasteiger partial charge in [0.25, 0.3) is 0 Å². The van der Waals surface area contributed by atoms with Gasteiger partial charge < -0.3 is 19.5 Å². The van der Waals surface area contributed by atoms with E-state index in [1.165, 1.54) is 12.4 Å². The molecule has 3 saturated heterocycles. The van der Waals surface area contributed by atoms with Gasteiger partial charge in [-0.25, -0.2) is 9.59 Å². The fourth-order valence-electron chi connectivity index (χ4n) is 7.22. The number of alkyl carbamates (subject to hydrolysis) is 1. The molecule has 3 aliphatic rings. The largest absolute Gasteiger partial charge is 0.487 e. The summed E-state index contributed by atoms with van der Waals surface area (Å²) in [5, 5.41) is 8.36. The van der Waals surface area contributed by atoms with Crippen molar-refractivity contribution in [1.82, 2.24) is 25.0 Å². The molecule has 5 heterocycles. The number of amides is 1. The van der Waals surface area contributed by atoms with E-state index in [0.717, 1.165) is 60.3 Å². The van der Waals surface area contributed by atoms with E-state index in [-0.39, 0.29) is 24.8 Å². The number of carbonyl (C=O) groups excluding carboxylic acids is 2. The molecule has 2 bridgehead atoms. The average Bonchev–Trinajstić information content (AvgIpc) is 3.56. The minimum Gasteiger partial charge on any atom is -0.487 e. The maximum absolute atomic E-state index is 13.6. The molecule has 54 heavy (non-hydrogen) atoms. The van der Waals surface area contributed by atoms with Gasteiger partial charge >= 0.3 is 12.1 Å². The minimum absolute atomic E-state index is 0.101. The Labute approximate surface area is 325 Å². The van der Waals surface area contributed by atoms with Gasteiger partial charge in [-0.3, -0.25) is 14.6 Å². The number of halogens is 2. The molecule has 1 N–H and O–H groups in total. The second-order valence-electron chi connectivity index (χ2n) is 14.1. The highest BCUT2D eigenvalue weighted by Gasteiger charge is 2.37. The number of benzene rings is 3. The molecular formula is C42H43Cl2N5O5. The van der Waals surface area contributed by atoms with Crippen LogP contribution >= 0.6 is 23.2 Å². The second kappa shape index (κ2) is 16.6. The van der Waals surface area contributed by atoms with Crippen molar-refractivity contribution in [3.8, 4) is 5.75 Å². The molecule has 1 amide bonds. The van der Waals surface area contributed by atoms with Crippen molar-refractivity contribution >= 4 is 35.3 Å². The average molecular weight is 769 g/mol. The summed E-state index contributed by atoms with van der Waals surface area (Å²) in [5.74, 6) is 0.406. The van der Waals surface area contributed by atoms with Crippen LogP contribution in [0.3, 0.4) is 0 Å². The van der Waals surface area contributed by atoms with E-state index >= 15 is 0 Å². The summed E-state index contributed by atoms with van der Waals surface area (Å²) in [7, 11) is 1.75. The smallest absolute Gasteiger partial charge is 0.408 e. The van der Waals surface area contributed by atoms with Crippen LogP contribution in [0.1, 0.15) is 74.6 Å². The van der Waals surface area contributed by atoms with Gasteiger partial charge in [-0.15, -0.1) is 0 Å². The third-order valence-electron chi connectivity index (χ3n) is 10.5. The van der Waals surface area contributed by atoms with Crippen LogP contribution < -0.4 is 10.1 Å². The van der Waals surface area contributed by atoms with E-state index in [1.807, 2.05) is 86.6 Å². The summed E-state index contributed by atoms with van der Waals surface area (Å²) in [4.78, 5) is 33.3. The molecule has 8 rings (SSSR count). The summed E-state index contributed by atoms with van der Waals surface area (Å²) >= 11 is 12.9. The number of ether oxygens (including phenoxy) is 3. The number of nitrogens with zero attached hydrogens (tertiary/aromatic N) is 4. The maximum Gasteiger partial charge on any atom is 0.408 e. The van der Waals surface area contributed by atoms with Crippen LogP contribution in [0.25, 0.3) is 0 Å². The Morgan fingerprint density at radius 2 is 1.63 bits per heavy atom.